The number of benzene rings is 1. The van der Waals surface area contributed by atoms with Crippen molar-refractivity contribution in [2.45, 2.75) is 51.6 Å². The lowest BCUT2D eigenvalue weighted by Gasteiger charge is -2.38. The highest BCUT2D eigenvalue weighted by Gasteiger charge is 2.38. The molecule has 1 N–H and O–H groups in total. The first-order valence-corrected chi connectivity index (χ1v) is 7.82. The number of amides is 2. The first-order chi connectivity index (χ1) is 10.2. The van der Waals surface area contributed by atoms with Gasteiger partial charge in [0.1, 0.15) is 12.1 Å². The largest absolute Gasteiger partial charge is 0.342 e. The molecule has 0 radical (unpaired) electrons. The second-order valence-corrected chi connectivity index (χ2v) is 5.56. The van der Waals surface area contributed by atoms with Crippen molar-refractivity contribution in [1.82, 2.24) is 10.2 Å². The van der Waals surface area contributed by atoms with Crippen LogP contribution in [0.25, 0.3) is 0 Å². The number of piperazine rings is 1. The third-order valence-electron chi connectivity index (χ3n) is 4.00. The van der Waals surface area contributed by atoms with E-state index < -0.39 is 6.04 Å². The molecule has 1 aromatic rings. The maximum atomic E-state index is 12.7. The Labute approximate surface area is 126 Å². The van der Waals surface area contributed by atoms with Crippen molar-refractivity contribution in [3.63, 3.8) is 0 Å². The Balaban J connectivity index is 2.12. The monoisotopic (exact) mass is 288 g/mol. The molecular weight excluding hydrogens is 264 g/mol. The summed E-state index contributed by atoms with van der Waals surface area (Å²) in [6.45, 7) is 4.72. The Hall–Kier alpha value is -1.84. The molecule has 21 heavy (non-hydrogen) atoms. The maximum Gasteiger partial charge on any atom is 0.246 e. The van der Waals surface area contributed by atoms with E-state index in [0.29, 0.717) is 19.4 Å². The van der Waals surface area contributed by atoms with Crippen molar-refractivity contribution in [2.75, 3.05) is 6.54 Å². The summed E-state index contributed by atoms with van der Waals surface area (Å²) in [6, 6.07) is 9.09. The lowest BCUT2D eigenvalue weighted by molar-refractivity contribution is -0.149. The van der Waals surface area contributed by atoms with Crippen LogP contribution in [0.1, 0.15) is 38.7 Å². The summed E-state index contributed by atoms with van der Waals surface area (Å²) in [5, 5.41) is 2.89. The van der Waals surface area contributed by atoms with Crippen LogP contribution in [0.3, 0.4) is 0 Å². The fourth-order valence-electron chi connectivity index (χ4n) is 2.81. The van der Waals surface area contributed by atoms with E-state index in [9.17, 15) is 9.59 Å². The Morgan fingerprint density at radius 3 is 2.48 bits per heavy atom. The van der Waals surface area contributed by atoms with Crippen LogP contribution in [-0.2, 0) is 16.0 Å². The number of unbranched alkanes of at least 4 members (excludes halogenated alkanes) is 1. The third kappa shape index (κ3) is 3.63. The maximum absolute atomic E-state index is 12.7. The Morgan fingerprint density at radius 2 is 1.86 bits per heavy atom. The highest BCUT2D eigenvalue weighted by Crippen LogP contribution is 2.17. The van der Waals surface area contributed by atoms with Gasteiger partial charge in [0.15, 0.2) is 0 Å². The SMILES string of the molecule is CCCCN1C(=O)C(Cc2ccccc2)NC(=O)C1CC. The van der Waals surface area contributed by atoms with E-state index >= 15 is 0 Å². The molecular formula is C17H24N2O2. The molecule has 2 unspecified atom stereocenters. The van der Waals surface area contributed by atoms with E-state index in [4.69, 9.17) is 0 Å². The van der Waals surface area contributed by atoms with Gasteiger partial charge < -0.3 is 10.2 Å². The third-order valence-corrected chi connectivity index (χ3v) is 4.00. The molecule has 4 heteroatoms. The van der Waals surface area contributed by atoms with Gasteiger partial charge in [-0.2, -0.15) is 0 Å². The van der Waals surface area contributed by atoms with Gasteiger partial charge in [-0.05, 0) is 18.4 Å². The number of hydrogen-bond acceptors (Lipinski definition) is 2. The van der Waals surface area contributed by atoms with Crippen LogP contribution in [0, 0.1) is 0 Å². The summed E-state index contributed by atoms with van der Waals surface area (Å²) < 4.78 is 0. The van der Waals surface area contributed by atoms with Crippen molar-refractivity contribution in [3.05, 3.63) is 35.9 Å². The predicted octanol–water partition coefficient (Wildman–Crippen LogP) is 2.13. The molecule has 0 bridgehead atoms. The molecule has 0 aliphatic carbocycles. The normalized spacial score (nSPS) is 22.3. The Bertz CT molecular complexity index is 487. The predicted molar refractivity (Wildman–Crippen MR) is 82.8 cm³/mol. The fourth-order valence-corrected chi connectivity index (χ4v) is 2.81. The van der Waals surface area contributed by atoms with Crippen molar-refractivity contribution in [2.24, 2.45) is 0 Å². The van der Waals surface area contributed by atoms with Crippen LogP contribution >= 0.6 is 0 Å². The fraction of sp³-hybridized carbons (Fsp3) is 0.529. The van der Waals surface area contributed by atoms with E-state index in [1.807, 2.05) is 37.3 Å². The van der Waals surface area contributed by atoms with Crippen LogP contribution in [0.4, 0.5) is 0 Å². The summed E-state index contributed by atoms with van der Waals surface area (Å²) >= 11 is 0. The first-order valence-electron chi connectivity index (χ1n) is 7.82. The zero-order valence-electron chi connectivity index (χ0n) is 12.8. The van der Waals surface area contributed by atoms with Crippen LogP contribution in [0.2, 0.25) is 0 Å². The van der Waals surface area contributed by atoms with Crippen LogP contribution in [-0.4, -0.2) is 35.3 Å². The van der Waals surface area contributed by atoms with Gasteiger partial charge in [-0.1, -0.05) is 50.6 Å². The van der Waals surface area contributed by atoms with Gasteiger partial charge >= 0.3 is 0 Å². The highest BCUT2D eigenvalue weighted by atomic mass is 16.2. The van der Waals surface area contributed by atoms with E-state index in [1.165, 1.54) is 0 Å². The van der Waals surface area contributed by atoms with E-state index in [-0.39, 0.29) is 17.9 Å². The number of hydrogen-bond donors (Lipinski definition) is 1. The smallest absolute Gasteiger partial charge is 0.246 e. The van der Waals surface area contributed by atoms with E-state index in [0.717, 1.165) is 18.4 Å². The van der Waals surface area contributed by atoms with Crippen molar-refractivity contribution in [1.29, 1.82) is 0 Å². The number of carbonyl (C=O) groups is 2. The van der Waals surface area contributed by atoms with Crippen LogP contribution < -0.4 is 5.32 Å². The molecule has 0 spiro atoms. The topological polar surface area (TPSA) is 49.4 Å². The first kappa shape index (κ1) is 15.5. The quantitative estimate of drug-likeness (QED) is 0.872. The minimum Gasteiger partial charge on any atom is -0.342 e. The zero-order valence-corrected chi connectivity index (χ0v) is 12.8. The summed E-state index contributed by atoms with van der Waals surface area (Å²) in [5.74, 6) is 0.0351. The van der Waals surface area contributed by atoms with Crippen molar-refractivity contribution < 1.29 is 9.59 Å². The molecule has 0 aromatic heterocycles. The summed E-state index contributed by atoms with van der Waals surface area (Å²) in [4.78, 5) is 26.7. The molecule has 1 fully saturated rings. The second-order valence-electron chi connectivity index (χ2n) is 5.56. The molecule has 2 amide bonds. The zero-order chi connectivity index (χ0) is 15.2. The van der Waals surface area contributed by atoms with Crippen molar-refractivity contribution in [3.8, 4) is 0 Å². The van der Waals surface area contributed by atoms with Gasteiger partial charge in [-0.25, -0.2) is 0 Å². The molecule has 2 rings (SSSR count). The standard InChI is InChI=1S/C17H24N2O2/c1-3-5-11-19-15(4-2)16(20)18-14(17(19)21)12-13-9-7-6-8-10-13/h6-10,14-15H,3-5,11-12H2,1-2H3,(H,18,20). The Kier molecular flexibility index (Phi) is 5.37. The van der Waals surface area contributed by atoms with E-state index in [2.05, 4.69) is 12.2 Å². The highest BCUT2D eigenvalue weighted by molar-refractivity contribution is 5.97. The number of nitrogens with zero attached hydrogens (tertiary/aromatic N) is 1. The number of nitrogens with one attached hydrogen (secondary N) is 1. The summed E-state index contributed by atoms with van der Waals surface area (Å²) in [5.41, 5.74) is 1.07. The van der Waals surface area contributed by atoms with Gasteiger partial charge in [0.2, 0.25) is 11.8 Å². The molecule has 1 aliphatic rings. The number of rotatable bonds is 6. The average Bonchev–Trinajstić information content (AvgIpc) is 2.50. The van der Waals surface area contributed by atoms with Gasteiger partial charge in [0.25, 0.3) is 0 Å². The lowest BCUT2D eigenvalue weighted by Crippen LogP contribution is -2.63. The molecule has 2 atom stereocenters. The van der Waals surface area contributed by atoms with Gasteiger partial charge in [0.05, 0.1) is 0 Å². The molecule has 1 heterocycles. The average molecular weight is 288 g/mol. The molecule has 0 saturated carbocycles. The molecule has 1 saturated heterocycles. The molecule has 114 valence electrons. The van der Waals surface area contributed by atoms with Crippen molar-refractivity contribution >= 4 is 11.8 Å². The number of carbonyl (C=O) groups excluding carboxylic acids is 2. The van der Waals surface area contributed by atoms with Crippen LogP contribution in [0.15, 0.2) is 30.3 Å². The molecule has 4 nitrogen and oxygen atoms in total. The van der Waals surface area contributed by atoms with Gasteiger partial charge in [0, 0.05) is 13.0 Å². The van der Waals surface area contributed by atoms with Gasteiger partial charge in [-0.3, -0.25) is 9.59 Å². The minimum atomic E-state index is -0.431. The summed E-state index contributed by atoms with van der Waals surface area (Å²) in [7, 11) is 0. The molecule has 1 aromatic carbocycles. The lowest BCUT2D eigenvalue weighted by atomic mass is 9.99. The summed E-state index contributed by atoms with van der Waals surface area (Å²) in [6.07, 6.45) is 3.18. The Morgan fingerprint density at radius 1 is 1.14 bits per heavy atom. The molecule has 1 aliphatic heterocycles. The van der Waals surface area contributed by atoms with Crippen LogP contribution in [0.5, 0.6) is 0 Å². The minimum absolute atomic E-state index is 0.0193. The van der Waals surface area contributed by atoms with E-state index in [1.54, 1.807) is 4.90 Å². The second kappa shape index (κ2) is 7.25. The van der Waals surface area contributed by atoms with Gasteiger partial charge in [-0.15, -0.1) is 0 Å².